The van der Waals surface area contributed by atoms with Crippen LogP contribution in [-0.2, 0) is 4.79 Å². The minimum absolute atomic E-state index is 0.245. The van der Waals surface area contributed by atoms with Crippen LogP contribution in [0, 0.1) is 11.3 Å². The lowest BCUT2D eigenvalue weighted by molar-refractivity contribution is -0.119. The quantitative estimate of drug-likeness (QED) is 0.680. The summed E-state index contributed by atoms with van der Waals surface area (Å²) in [6.07, 6.45) is 2.40. The molecule has 0 atom stereocenters. The molecule has 1 rings (SSSR count). The summed E-state index contributed by atoms with van der Waals surface area (Å²) >= 11 is 0. The molecular formula is C12H21F2NO. The molecule has 0 saturated heterocycles. The molecule has 1 fully saturated rings. The molecule has 1 aliphatic carbocycles. The summed E-state index contributed by atoms with van der Waals surface area (Å²) in [6.45, 7) is 2.40. The van der Waals surface area contributed by atoms with Crippen molar-refractivity contribution in [3.63, 3.8) is 0 Å². The highest BCUT2D eigenvalue weighted by atomic mass is 19.3. The monoisotopic (exact) mass is 233 g/mol. The molecule has 0 aromatic carbocycles. The molecule has 0 aromatic heterocycles. The number of halogens is 2. The highest BCUT2D eigenvalue weighted by molar-refractivity contribution is 5.60. The third kappa shape index (κ3) is 3.81. The predicted molar refractivity (Wildman–Crippen MR) is 59.6 cm³/mol. The third-order valence-electron chi connectivity index (χ3n) is 3.55. The first-order valence-corrected chi connectivity index (χ1v) is 5.90. The van der Waals surface area contributed by atoms with Crippen molar-refractivity contribution < 1.29 is 13.6 Å². The minimum atomic E-state index is -2.32. The van der Waals surface area contributed by atoms with Gasteiger partial charge in [0.1, 0.15) is 6.29 Å². The minimum Gasteiger partial charge on any atom is -0.303 e. The van der Waals surface area contributed by atoms with Gasteiger partial charge < -0.3 is 4.79 Å². The Labute approximate surface area is 96.0 Å². The molecule has 0 N–H and O–H groups in total. The first kappa shape index (κ1) is 13.6. The van der Waals surface area contributed by atoms with Crippen molar-refractivity contribution in [1.29, 1.82) is 0 Å². The van der Waals surface area contributed by atoms with E-state index in [9.17, 15) is 13.6 Å². The van der Waals surface area contributed by atoms with Gasteiger partial charge in [-0.25, -0.2) is 8.78 Å². The second kappa shape index (κ2) is 5.71. The Kier molecular flexibility index (Phi) is 4.84. The van der Waals surface area contributed by atoms with E-state index in [2.05, 4.69) is 6.92 Å². The summed E-state index contributed by atoms with van der Waals surface area (Å²) in [7, 11) is 1.66. The largest absolute Gasteiger partial charge is 0.303 e. The van der Waals surface area contributed by atoms with Crippen LogP contribution in [0.5, 0.6) is 0 Å². The van der Waals surface area contributed by atoms with Crippen molar-refractivity contribution in [2.75, 3.05) is 20.1 Å². The summed E-state index contributed by atoms with van der Waals surface area (Å²) < 4.78 is 24.4. The average Bonchev–Trinajstić information content (AvgIpc) is 2.21. The molecule has 0 aromatic rings. The number of alkyl halides is 2. The maximum Gasteiger partial charge on any atom is 0.251 e. The van der Waals surface area contributed by atoms with Crippen LogP contribution in [0.2, 0.25) is 0 Å². The Balaban J connectivity index is 2.50. The van der Waals surface area contributed by atoms with E-state index in [0.717, 1.165) is 32.0 Å². The van der Waals surface area contributed by atoms with Crippen molar-refractivity contribution in [2.45, 2.75) is 39.0 Å². The maximum absolute atomic E-state index is 12.2. The van der Waals surface area contributed by atoms with Crippen LogP contribution in [0.1, 0.15) is 32.6 Å². The Morgan fingerprint density at radius 3 is 2.44 bits per heavy atom. The van der Waals surface area contributed by atoms with E-state index in [-0.39, 0.29) is 12.0 Å². The summed E-state index contributed by atoms with van der Waals surface area (Å²) in [5.41, 5.74) is -0.379. The lowest BCUT2D eigenvalue weighted by Crippen LogP contribution is -2.41. The molecule has 0 heterocycles. The third-order valence-corrected chi connectivity index (χ3v) is 3.55. The fourth-order valence-electron chi connectivity index (χ4n) is 2.49. The smallest absolute Gasteiger partial charge is 0.251 e. The second-order valence-corrected chi connectivity index (χ2v) is 5.25. The van der Waals surface area contributed by atoms with E-state index in [4.69, 9.17) is 0 Å². The van der Waals surface area contributed by atoms with Gasteiger partial charge in [0.25, 0.3) is 6.43 Å². The number of hydrogen-bond donors (Lipinski definition) is 0. The Morgan fingerprint density at radius 2 is 2.00 bits per heavy atom. The molecule has 2 nitrogen and oxygen atoms in total. The molecule has 94 valence electrons. The highest BCUT2D eigenvalue weighted by Crippen LogP contribution is 2.37. The first-order valence-electron chi connectivity index (χ1n) is 5.90. The van der Waals surface area contributed by atoms with Gasteiger partial charge >= 0.3 is 0 Å². The van der Waals surface area contributed by atoms with Gasteiger partial charge in [0.05, 0.1) is 6.54 Å². The highest BCUT2D eigenvalue weighted by Gasteiger charge is 2.35. The molecular weight excluding hydrogens is 212 g/mol. The Morgan fingerprint density at radius 1 is 1.44 bits per heavy atom. The van der Waals surface area contributed by atoms with Crippen LogP contribution in [0.4, 0.5) is 8.78 Å². The molecule has 1 aliphatic rings. The summed E-state index contributed by atoms with van der Waals surface area (Å²) in [6, 6.07) is 0. The van der Waals surface area contributed by atoms with Crippen molar-refractivity contribution >= 4 is 6.29 Å². The van der Waals surface area contributed by atoms with E-state index in [1.165, 1.54) is 0 Å². The molecule has 0 unspecified atom stereocenters. The van der Waals surface area contributed by atoms with Crippen molar-refractivity contribution in [3.05, 3.63) is 0 Å². The predicted octanol–water partition coefficient (Wildman–Crippen LogP) is 2.58. The van der Waals surface area contributed by atoms with Crippen LogP contribution in [0.25, 0.3) is 0 Å². The molecule has 0 spiro atoms. The fourth-order valence-corrected chi connectivity index (χ4v) is 2.49. The zero-order valence-corrected chi connectivity index (χ0v) is 10.1. The lowest BCUT2D eigenvalue weighted by Gasteiger charge is -2.37. The van der Waals surface area contributed by atoms with E-state index >= 15 is 0 Å². The van der Waals surface area contributed by atoms with Gasteiger partial charge in [-0.1, -0.05) is 6.92 Å². The number of carbonyl (C=O) groups is 1. The van der Waals surface area contributed by atoms with E-state index in [0.29, 0.717) is 12.5 Å². The SMILES string of the molecule is CC1CCC(C=O)(CN(C)CC(F)F)CC1. The number of rotatable bonds is 5. The van der Waals surface area contributed by atoms with Gasteiger partial charge in [-0.3, -0.25) is 4.90 Å². The van der Waals surface area contributed by atoms with E-state index in [1.807, 2.05) is 0 Å². The lowest BCUT2D eigenvalue weighted by atomic mass is 9.71. The summed E-state index contributed by atoms with van der Waals surface area (Å²) in [5, 5.41) is 0. The van der Waals surface area contributed by atoms with Crippen LogP contribution in [0.15, 0.2) is 0 Å². The molecule has 0 amide bonds. The Bertz CT molecular complexity index is 225. The van der Waals surface area contributed by atoms with E-state index < -0.39 is 6.43 Å². The molecule has 0 radical (unpaired) electrons. The van der Waals surface area contributed by atoms with Gasteiger partial charge in [-0.15, -0.1) is 0 Å². The Hall–Kier alpha value is -0.510. The van der Waals surface area contributed by atoms with Gasteiger partial charge in [-0.2, -0.15) is 0 Å². The maximum atomic E-state index is 12.2. The van der Waals surface area contributed by atoms with Crippen molar-refractivity contribution in [1.82, 2.24) is 4.90 Å². The first-order chi connectivity index (χ1) is 7.47. The molecule has 4 heteroatoms. The average molecular weight is 233 g/mol. The van der Waals surface area contributed by atoms with E-state index in [1.54, 1.807) is 11.9 Å². The van der Waals surface area contributed by atoms with Gasteiger partial charge in [-0.05, 0) is 38.6 Å². The summed E-state index contributed by atoms with van der Waals surface area (Å²) in [5.74, 6) is 0.661. The number of hydrogen-bond acceptors (Lipinski definition) is 2. The second-order valence-electron chi connectivity index (χ2n) is 5.25. The van der Waals surface area contributed by atoms with Gasteiger partial charge in [0.15, 0.2) is 0 Å². The number of aldehydes is 1. The number of nitrogens with zero attached hydrogens (tertiary/aromatic N) is 1. The zero-order valence-electron chi connectivity index (χ0n) is 10.1. The fraction of sp³-hybridized carbons (Fsp3) is 0.917. The molecule has 16 heavy (non-hydrogen) atoms. The van der Waals surface area contributed by atoms with Crippen molar-refractivity contribution in [3.8, 4) is 0 Å². The normalized spacial score (nSPS) is 31.0. The van der Waals surface area contributed by atoms with Crippen LogP contribution >= 0.6 is 0 Å². The standard InChI is InChI=1S/C12H21F2NO/c1-10-3-5-12(9-16,6-4-10)8-15(2)7-11(13)14/h9-11H,3-8H2,1-2H3. The number of carbonyl (C=O) groups excluding carboxylic acids is 1. The molecule has 1 saturated carbocycles. The van der Waals surface area contributed by atoms with Crippen molar-refractivity contribution in [2.24, 2.45) is 11.3 Å². The van der Waals surface area contributed by atoms with Gasteiger partial charge in [0, 0.05) is 12.0 Å². The molecule has 0 bridgehead atoms. The topological polar surface area (TPSA) is 20.3 Å². The zero-order chi connectivity index (χ0) is 12.2. The summed E-state index contributed by atoms with van der Waals surface area (Å²) in [4.78, 5) is 12.8. The molecule has 0 aliphatic heterocycles. The van der Waals surface area contributed by atoms with Crippen LogP contribution in [-0.4, -0.2) is 37.7 Å². The van der Waals surface area contributed by atoms with Gasteiger partial charge in [0.2, 0.25) is 0 Å². The van der Waals surface area contributed by atoms with Crippen LogP contribution < -0.4 is 0 Å². The van der Waals surface area contributed by atoms with Crippen LogP contribution in [0.3, 0.4) is 0 Å².